The SMILES string of the molecule is COC(=O)CCc1cccc(NC(=O)/C=C/c2ccc(Oc3cccnc3)c(F)c2)c1. The average molecular weight is 420 g/mol. The van der Waals surface area contributed by atoms with E-state index in [0.29, 0.717) is 23.4 Å². The number of hydrogen-bond acceptors (Lipinski definition) is 5. The Morgan fingerprint density at radius 1 is 1.13 bits per heavy atom. The summed E-state index contributed by atoms with van der Waals surface area (Å²) in [4.78, 5) is 27.4. The molecule has 31 heavy (non-hydrogen) atoms. The average Bonchev–Trinajstić information content (AvgIpc) is 2.78. The van der Waals surface area contributed by atoms with Crippen LogP contribution in [0.4, 0.5) is 10.1 Å². The number of esters is 1. The van der Waals surface area contributed by atoms with Crippen LogP contribution >= 0.6 is 0 Å². The first-order valence-electron chi connectivity index (χ1n) is 9.56. The van der Waals surface area contributed by atoms with Crippen molar-refractivity contribution in [3.05, 3.63) is 90.0 Å². The van der Waals surface area contributed by atoms with Gasteiger partial charge < -0.3 is 14.8 Å². The van der Waals surface area contributed by atoms with E-state index in [0.717, 1.165) is 5.56 Å². The fraction of sp³-hybridized carbons (Fsp3) is 0.125. The Morgan fingerprint density at radius 2 is 2.00 bits per heavy atom. The van der Waals surface area contributed by atoms with Crippen molar-refractivity contribution in [3.63, 3.8) is 0 Å². The highest BCUT2D eigenvalue weighted by Crippen LogP contribution is 2.25. The lowest BCUT2D eigenvalue weighted by Crippen LogP contribution is -2.08. The van der Waals surface area contributed by atoms with Crippen LogP contribution in [0.2, 0.25) is 0 Å². The first kappa shape index (κ1) is 21.7. The monoisotopic (exact) mass is 420 g/mol. The Morgan fingerprint density at radius 3 is 2.74 bits per heavy atom. The van der Waals surface area contributed by atoms with Gasteiger partial charge in [0.05, 0.1) is 13.3 Å². The molecule has 0 fully saturated rings. The number of aromatic nitrogens is 1. The van der Waals surface area contributed by atoms with Crippen molar-refractivity contribution in [3.8, 4) is 11.5 Å². The number of ether oxygens (including phenoxy) is 2. The first-order valence-corrected chi connectivity index (χ1v) is 9.56. The molecule has 7 heteroatoms. The maximum atomic E-state index is 14.3. The molecule has 2 aromatic carbocycles. The number of hydrogen-bond donors (Lipinski definition) is 1. The number of pyridine rings is 1. The molecule has 0 atom stereocenters. The number of anilines is 1. The van der Waals surface area contributed by atoms with Crippen LogP contribution in [-0.2, 0) is 20.7 Å². The Kier molecular flexibility index (Phi) is 7.48. The number of carbonyl (C=O) groups excluding carboxylic acids is 2. The van der Waals surface area contributed by atoms with Crippen molar-refractivity contribution in [2.45, 2.75) is 12.8 Å². The van der Waals surface area contributed by atoms with Crippen LogP contribution in [-0.4, -0.2) is 24.0 Å². The van der Waals surface area contributed by atoms with E-state index in [1.807, 2.05) is 6.07 Å². The molecule has 0 aliphatic rings. The lowest BCUT2D eigenvalue weighted by molar-refractivity contribution is -0.140. The standard InChI is InChI=1S/C24H21FN2O4/c1-30-24(29)12-9-17-4-2-5-19(14-17)27-23(28)11-8-18-7-10-22(21(25)15-18)31-20-6-3-13-26-16-20/h2-8,10-11,13-16H,9,12H2,1H3,(H,27,28)/b11-8+. The molecule has 0 radical (unpaired) electrons. The van der Waals surface area contributed by atoms with Crippen LogP contribution in [0.25, 0.3) is 6.08 Å². The molecule has 0 aliphatic carbocycles. The van der Waals surface area contributed by atoms with Crippen molar-refractivity contribution in [2.24, 2.45) is 0 Å². The Bertz CT molecular complexity index is 1080. The predicted molar refractivity (Wildman–Crippen MR) is 115 cm³/mol. The molecule has 0 saturated heterocycles. The number of aryl methyl sites for hydroxylation is 1. The van der Waals surface area contributed by atoms with Crippen LogP contribution < -0.4 is 10.1 Å². The summed E-state index contributed by atoms with van der Waals surface area (Å²) < 4.78 is 24.4. The highest BCUT2D eigenvalue weighted by Gasteiger charge is 2.06. The lowest BCUT2D eigenvalue weighted by Gasteiger charge is -2.07. The summed E-state index contributed by atoms with van der Waals surface area (Å²) in [6.07, 6.45) is 6.69. The van der Waals surface area contributed by atoms with E-state index in [9.17, 15) is 14.0 Å². The van der Waals surface area contributed by atoms with Crippen LogP contribution in [0.15, 0.2) is 73.1 Å². The minimum Gasteiger partial charge on any atom is -0.469 e. The first-order chi connectivity index (χ1) is 15.0. The van der Waals surface area contributed by atoms with Crippen molar-refractivity contribution >= 4 is 23.6 Å². The van der Waals surface area contributed by atoms with Gasteiger partial charge in [-0.05, 0) is 60.0 Å². The summed E-state index contributed by atoms with van der Waals surface area (Å²) in [6.45, 7) is 0. The second-order valence-corrected chi connectivity index (χ2v) is 6.58. The molecule has 0 bridgehead atoms. The fourth-order valence-corrected chi connectivity index (χ4v) is 2.75. The molecule has 3 rings (SSSR count). The molecular formula is C24H21FN2O4. The second kappa shape index (κ2) is 10.7. The quantitative estimate of drug-likeness (QED) is 0.420. The van der Waals surface area contributed by atoms with Crippen LogP contribution in [0.5, 0.6) is 11.5 Å². The Balaban J connectivity index is 1.58. The zero-order chi connectivity index (χ0) is 22.1. The molecule has 0 spiro atoms. The second-order valence-electron chi connectivity index (χ2n) is 6.58. The zero-order valence-electron chi connectivity index (χ0n) is 16.9. The number of carbonyl (C=O) groups is 2. The van der Waals surface area contributed by atoms with Gasteiger partial charge in [-0.25, -0.2) is 4.39 Å². The third-order valence-electron chi connectivity index (χ3n) is 4.29. The normalized spacial score (nSPS) is 10.6. The number of rotatable bonds is 8. The number of methoxy groups -OCH3 is 1. The van der Waals surface area contributed by atoms with Crippen molar-refractivity contribution in [2.75, 3.05) is 12.4 Å². The molecule has 1 heterocycles. The van der Waals surface area contributed by atoms with E-state index >= 15 is 0 Å². The van der Waals surface area contributed by atoms with Gasteiger partial charge in [0, 0.05) is 24.4 Å². The molecular weight excluding hydrogens is 399 g/mol. The van der Waals surface area contributed by atoms with Crippen molar-refractivity contribution in [1.82, 2.24) is 4.98 Å². The molecule has 6 nitrogen and oxygen atoms in total. The number of benzene rings is 2. The smallest absolute Gasteiger partial charge is 0.305 e. The summed E-state index contributed by atoms with van der Waals surface area (Å²) in [5.74, 6) is -0.705. The van der Waals surface area contributed by atoms with E-state index in [-0.39, 0.29) is 24.0 Å². The zero-order valence-corrected chi connectivity index (χ0v) is 16.9. The van der Waals surface area contributed by atoms with Crippen LogP contribution in [0.1, 0.15) is 17.5 Å². The molecule has 0 unspecified atom stereocenters. The Hall–Kier alpha value is -4.00. The predicted octanol–water partition coefficient (Wildman–Crippen LogP) is 4.77. The van der Waals surface area contributed by atoms with Gasteiger partial charge in [-0.3, -0.25) is 14.6 Å². The third kappa shape index (κ3) is 6.78. The van der Waals surface area contributed by atoms with Gasteiger partial charge in [0.25, 0.3) is 0 Å². The molecule has 1 N–H and O–H groups in total. The van der Waals surface area contributed by atoms with Gasteiger partial charge >= 0.3 is 5.97 Å². The summed E-state index contributed by atoms with van der Waals surface area (Å²) in [5.41, 5.74) is 2.01. The van der Waals surface area contributed by atoms with E-state index in [1.54, 1.807) is 42.6 Å². The van der Waals surface area contributed by atoms with E-state index in [1.165, 1.54) is 37.6 Å². The molecule has 158 valence electrons. The molecule has 1 aromatic heterocycles. The third-order valence-corrected chi connectivity index (χ3v) is 4.29. The van der Waals surface area contributed by atoms with Crippen LogP contribution in [0, 0.1) is 5.82 Å². The number of amides is 1. The topological polar surface area (TPSA) is 77.5 Å². The highest BCUT2D eigenvalue weighted by molar-refractivity contribution is 6.01. The fourth-order valence-electron chi connectivity index (χ4n) is 2.75. The number of halogens is 1. The molecule has 3 aromatic rings. The highest BCUT2D eigenvalue weighted by atomic mass is 19.1. The van der Waals surface area contributed by atoms with Gasteiger partial charge in [-0.1, -0.05) is 18.2 Å². The summed E-state index contributed by atoms with van der Waals surface area (Å²) in [5, 5.41) is 2.75. The molecule has 0 saturated carbocycles. The Labute approximate surface area is 179 Å². The number of nitrogens with zero attached hydrogens (tertiary/aromatic N) is 1. The largest absolute Gasteiger partial charge is 0.469 e. The number of nitrogens with one attached hydrogen (secondary N) is 1. The van der Waals surface area contributed by atoms with E-state index in [4.69, 9.17) is 4.74 Å². The van der Waals surface area contributed by atoms with Gasteiger partial charge in [-0.2, -0.15) is 0 Å². The van der Waals surface area contributed by atoms with Crippen LogP contribution in [0.3, 0.4) is 0 Å². The van der Waals surface area contributed by atoms with Gasteiger partial charge in [0.1, 0.15) is 5.75 Å². The van der Waals surface area contributed by atoms with Crippen molar-refractivity contribution in [1.29, 1.82) is 0 Å². The van der Waals surface area contributed by atoms with E-state index < -0.39 is 5.82 Å². The minimum absolute atomic E-state index is 0.0679. The van der Waals surface area contributed by atoms with Crippen molar-refractivity contribution < 1.29 is 23.5 Å². The summed E-state index contributed by atoms with van der Waals surface area (Å²) in [6, 6.07) is 15.0. The van der Waals surface area contributed by atoms with Gasteiger partial charge in [0.2, 0.25) is 5.91 Å². The van der Waals surface area contributed by atoms with Gasteiger partial charge in [-0.15, -0.1) is 0 Å². The molecule has 1 amide bonds. The summed E-state index contributed by atoms with van der Waals surface area (Å²) >= 11 is 0. The maximum absolute atomic E-state index is 14.3. The summed E-state index contributed by atoms with van der Waals surface area (Å²) in [7, 11) is 1.35. The van der Waals surface area contributed by atoms with Gasteiger partial charge in [0.15, 0.2) is 11.6 Å². The van der Waals surface area contributed by atoms with E-state index in [2.05, 4.69) is 15.0 Å². The lowest BCUT2D eigenvalue weighted by atomic mass is 10.1. The minimum atomic E-state index is -0.551. The maximum Gasteiger partial charge on any atom is 0.305 e. The molecule has 0 aliphatic heterocycles.